The van der Waals surface area contributed by atoms with E-state index in [9.17, 15) is 8.42 Å². The number of hydrogen-bond acceptors (Lipinski definition) is 4. The van der Waals surface area contributed by atoms with Gasteiger partial charge in [-0.3, -0.25) is 5.10 Å². The molecule has 7 heteroatoms. The lowest BCUT2D eigenvalue weighted by Crippen LogP contribution is -2.38. The highest BCUT2D eigenvalue weighted by atomic mass is 32.2. The molecule has 0 bridgehead atoms. The first-order valence-electron chi connectivity index (χ1n) is 7.67. The first-order chi connectivity index (χ1) is 9.87. The highest BCUT2D eigenvalue weighted by Gasteiger charge is 2.32. The summed E-state index contributed by atoms with van der Waals surface area (Å²) < 4.78 is 27.5. The van der Waals surface area contributed by atoms with Crippen LogP contribution in [0.4, 0.5) is 0 Å². The van der Waals surface area contributed by atoms with Gasteiger partial charge in [0.05, 0.1) is 11.4 Å². The third-order valence-electron chi connectivity index (χ3n) is 3.68. The van der Waals surface area contributed by atoms with Crippen molar-refractivity contribution < 1.29 is 8.42 Å². The first-order valence-corrected chi connectivity index (χ1v) is 9.11. The summed E-state index contributed by atoms with van der Waals surface area (Å²) in [5.74, 6) is 0. The van der Waals surface area contributed by atoms with E-state index in [1.54, 1.807) is 11.2 Å². The molecule has 1 aromatic rings. The molecule has 0 aliphatic heterocycles. The van der Waals surface area contributed by atoms with Crippen LogP contribution >= 0.6 is 0 Å². The van der Waals surface area contributed by atoms with Gasteiger partial charge in [0, 0.05) is 25.2 Å². The Bertz CT molecular complexity index is 576. The molecule has 1 aliphatic rings. The molecule has 1 aliphatic carbocycles. The van der Waals surface area contributed by atoms with Crippen LogP contribution in [0.2, 0.25) is 0 Å². The maximum absolute atomic E-state index is 13.0. The number of nitrogens with zero attached hydrogens (tertiary/aromatic N) is 2. The largest absolute Gasteiger partial charge is 0.308 e. The average Bonchev–Trinajstić information content (AvgIpc) is 3.15. The quantitative estimate of drug-likeness (QED) is 0.766. The predicted octanol–water partition coefficient (Wildman–Crippen LogP) is 1.78. The van der Waals surface area contributed by atoms with Crippen LogP contribution in [0.1, 0.15) is 51.4 Å². The maximum atomic E-state index is 13.0. The van der Waals surface area contributed by atoms with Crippen LogP contribution in [-0.4, -0.2) is 41.5 Å². The van der Waals surface area contributed by atoms with Crippen molar-refractivity contribution in [3.05, 3.63) is 11.4 Å². The van der Waals surface area contributed by atoms with E-state index in [1.165, 1.54) is 12.8 Å². The van der Waals surface area contributed by atoms with Gasteiger partial charge in [0.2, 0.25) is 10.0 Å². The summed E-state index contributed by atoms with van der Waals surface area (Å²) in [6.07, 6.45) is 3.13. The van der Waals surface area contributed by atoms with Crippen LogP contribution in [0.3, 0.4) is 0 Å². The zero-order valence-electron chi connectivity index (χ0n) is 13.3. The molecule has 1 aromatic heterocycles. The summed E-state index contributed by atoms with van der Waals surface area (Å²) in [6.45, 7) is 8.60. The number of nitrogens with one attached hydrogen (secondary N) is 2. The van der Waals surface area contributed by atoms with Gasteiger partial charge < -0.3 is 5.32 Å². The molecule has 21 heavy (non-hydrogen) atoms. The number of sulfonamides is 1. The number of aromatic nitrogens is 2. The van der Waals surface area contributed by atoms with Gasteiger partial charge in [-0.25, -0.2) is 8.42 Å². The zero-order valence-corrected chi connectivity index (χ0v) is 14.1. The fourth-order valence-corrected chi connectivity index (χ4v) is 4.51. The van der Waals surface area contributed by atoms with E-state index in [1.807, 2.05) is 20.8 Å². The minimum absolute atomic E-state index is 0.0616. The molecular weight excluding hydrogens is 288 g/mol. The Morgan fingerprint density at radius 1 is 1.43 bits per heavy atom. The van der Waals surface area contributed by atoms with Gasteiger partial charge in [-0.1, -0.05) is 6.92 Å². The molecule has 0 radical (unpaired) electrons. The van der Waals surface area contributed by atoms with Crippen LogP contribution in [0.15, 0.2) is 4.90 Å². The van der Waals surface area contributed by atoms with E-state index >= 15 is 0 Å². The lowest BCUT2D eigenvalue weighted by Gasteiger charge is -2.25. The summed E-state index contributed by atoms with van der Waals surface area (Å²) in [7, 11) is -3.51. The Morgan fingerprint density at radius 3 is 2.62 bits per heavy atom. The van der Waals surface area contributed by atoms with Gasteiger partial charge >= 0.3 is 0 Å². The fourth-order valence-electron chi connectivity index (χ4n) is 2.45. The standard InChI is InChI=1S/C14H26N4O2S/c1-5-8-18(10(2)3)21(19,20)14-11(4)16-17-13(14)9-15-12-6-7-12/h10,12,15H,5-9H2,1-4H3,(H,16,17). The molecule has 1 heterocycles. The molecule has 0 saturated heterocycles. The topological polar surface area (TPSA) is 78.1 Å². The number of hydrogen-bond donors (Lipinski definition) is 2. The van der Waals surface area contributed by atoms with E-state index in [4.69, 9.17) is 0 Å². The van der Waals surface area contributed by atoms with Crippen molar-refractivity contribution in [3.8, 4) is 0 Å². The van der Waals surface area contributed by atoms with Crippen LogP contribution < -0.4 is 5.32 Å². The SMILES string of the molecule is CCCN(C(C)C)S(=O)(=O)c1c(CNC2CC2)n[nH]c1C. The van der Waals surface area contributed by atoms with Crippen LogP contribution in [0.5, 0.6) is 0 Å². The summed E-state index contributed by atoms with van der Waals surface area (Å²) in [5, 5.41) is 10.4. The Kier molecular flexibility index (Phi) is 5.06. The normalized spacial score (nSPS) is 16.1. The van der Waals surface area contributed by atoms with E-state index in [0.717, 1.165) is 6.42 Å². The number of aromatic amines is 1. The van der Waals surface area contributed by atoms with Gasteiger partial charge in [-0.05, 0) is 40.0 Å². The predicted molar refractivity (Wildman–Crippen MR) is 82.5 cm³/mol. The van der Waals surface area contributed by atoms with Crippen molar-refractivity contribution in [1.82, 2.24) is 19.8 Å². The third-order valence-corrected chi connectivity index (χ3v) is 5.96. The zero-order chi connectivity index (χ0) is 15.6. The lowest BCUT2D eigenvalue weighted by atomic mass is 10.3. The molecular formula is C14H26N4O2S. The molecule has 0 spiro atoms. The third kappa shape index (κ3) is 3.64. The van der Waals surface area contributed by atoms with Gasteiger partial charge in [-0.2, -0.15) is 9.40 Å². The molecule has 0 unspecified atom stereocenters. The Balaban J connectivity index is 2.30. The minimum atomic E-state index is -3.51. The summed E-state index contributed by atoms with van der Waals surface area (Å²) >= 11 is 0. The first kappa shape index (κ1) is 16.5. The van der Waals surface area contributed by atoms with E-state index < -0.39 is 10.0 Å². The van der Waals surface area contributed by atoms with Crippen molar-refractivity contribution in [3.63, 3.8) is 0 Å². The lowest BCUT2D eigenvalue weighted by molar-refractivity contribution is 0.353. The number of H-pyrrole nitrogens is 1. The monoisotopic (exact) mass is 314 g/mol. The Morgan fingerprint density at radius 2 is 2.10 bits per heavy atom. The second-order valence-electron chi connectivity index (χ2n) is 5.99. The summed E-state index contributed by atoms with van der Waals surface area (Å²) in [4.78, 5) is 0.345. The van der Waals surface area contributed by atoms with Gasteiger partial charge in [0.25, 0.3) is 0 Å². The second kappa shape index (κ2) is 6.46. The van der Waals surface area contributed by atoms with Gasteiger partial charge in [0.1, 0.15) is 4.90 Å². The van der Waals surface area contributed by atoms with Crippen molar-refractivity contribution in [2.24, 2.45) is 0 Å². The van der Waals surface area contributed by atoms with Crippen molar-refractivity contribution >= 4 is 10.0 Å². The number of aryl methyl sites for hydroxylation is 1. The summed E-state index contributed by atoms with van der Waals surface area (Å²) in [6, 6.07) is 0.461. The van der Waals surface area contributed by atoms with Crippen molar-refractivity contribution in [1.29, 1.82) is 0 Å². The van der Waals surface area contributed by atoms with Crippen LogP contribution in [0.25, 0.3) is 0 Å². The van der Waals surface area contributed by atoms with Crippen LogP contribution in [0, 0.1) is 6.92 Å². The molecule has 2 N–H and O–H groups in total. The molecule has 1 saturated carbocycles. The molecule has 0 aromatic carbocycles. The fraction of sp³-hybridized carbons (Fsp3) is 0.786. The molecule has 120 valence electrons. The minimum Gasteiger partial charge on any atom is -0.308 e. The number of rotatable bonds is 8. The Hall–Kier alpha value is -0.920. The van der Waals surface area contributed by atoms with Crippen LogP contribution in [-0.2, 0) is 16.6 Å². The Labute approximate surface area is 127 Å². The van der Waals surface area contributed by atoms with E-state index in [-0.39, 0.29) is 6.04 Å². The van der Waals surface area contributed by atoms with E-state index in [2.05, 4.69) is 15.5 Å². The maximum Gasteiger partial charge on any atom is 0.247 e. The summed E-state index contributed by atoms with van der Waals surface area (Å²) in [5.41, 5.74) is 1.21. The second-order valence-corrected chi connectivity index (χ2v) is 7.82. The molecule has 2 rings (SSSR count). The molecule has 0 amide bonds. The smallest absolute Gasteiger partial charge is 0.247 e. The van der Waals surface area contributed by atoms with Crippen molar-refractivity contribution in [2.75, 3.05) is 6.54 Å². The van der Waals surface area contributed by atoms with Gasteiger partial charge in [-0.15, -0.1) is 0 Å². The van der Waals surface area contributed by atoms with E-state index in [0.29, 0.717) is 35.4 Å². The molecule has 0 atom stereocenters. The van der Waals surface area contributed by atoms with Crippen molar-refractivity contribution in [2.45, 2.75) is 70.5 Å². The molecule has 1 fully saturated rings. The molecule has 6 nitrogen and oxygen atoms in total. The average molecular weight is 314 g/mol. The highest BCUT2D eigenvalue weighted by molar-refractivity contribution is 7.89. The highest BCUT2D eigenvalue weighted by Crippen LogP contribution is 2.25. The van der Waals surface area contributed by atoms with Gasteiger partial charge in [0.15, 0.2) is 0 Å².